The van der Waals surface area contributed by atoms with E-state index in [1.165, 1.54) is 19.3 Å². The van der Waals surface area contributed by atoms with Crippen LogP contribution in [0.3, 0.4) is 0 Å². The Morgan fingerprint density at radius 2 is 0.694 bits per heavy atom. The molecule has 0 saturated carbocycles. The molecular weight excluding hydrogens is 769 g/mol. The van der Waals surface area contributed by atoms with E-state index in [-0.39, 0.29) is 37.5 Å². The summed E-state index contributed by atoms with van der Waals surface area (Å²) in [4.78, 5) is 37.9. The summed E-state index contributed by atoms with van der Waals surface area (Å²) in [5.41, 5.74) is 0. The van der Waals surface area contributed by atoms with E-state index >= 15 is 0 Å². The van der Waals surface area contributed by atoms with Crippen LogP contribution in [-0.2, 0) is 28.6 Å². The summed E-state index contributed by atoms with van der Waals surface area (Å²) in [6.07, 6.45) is 67.5. The maximum Gasteiger partial charge on any atom is 0.306 e. The molecule has 6 heteroatoms. The molecule has 0 saturated heterocycles. The number of esters is 3. The molecule has 0 rings (SSSR count). The molecule has 0 bridgehead atoms. The van der Waals surface area contributed by atoms with Crippen molar-refractivity contribution in [2.24, 2.45) is 0 Å². The second-order valence-corrected chi connectivity index (χ2v) is 15.7. The fraction of sp³-hybridized carbons (Fsp3) is 0.589. The van der Waals surface area contributed by atoms with E-state index in [2.05, 4.69) is 142 Å². The first-order valence-electron chi connectivity index (χ1n) is 24.6. The summed E-state index contributed by atoms with van der Waals surface area (Å²) in [7, 11) is 0. The van der Waals surface area contributed by atoms with Crippen LogP contribution in [-0.4, -0.2) is 37.2 Å². The van der Waals surface area contributed by atoms with E-state index in [1.807, 2.05) is 0 Å². The van der Waals surface area contributed by atoms with Crippen LogP contribution >= 0.6 is 0 Å². The van der Waals surface area contributed by atoms with Crippen LogP contribution in [0.15, 0.2) is 122 Å². The van der Waals surface area contributed by atoms with Gasteiger partial charge in [-0.05, 0) is 109 Å². The molecule has 0 radical (unpaired) electrons. The summed E-state index contributed by atoms with van der Waals surface area (Å²) in [6, 6.07) is 0. The Hall–Kier alpha value is -4.19. The topological polar surface area (TPSA) is 78.9 Å². The van der Waals surface area contributed by atoms with E-state index < -0.39 is 6.10 Å². The fourth-order valence-electron chi connectivity index (χ4n) is 6.13. The molecule has 0 aliphatic rings. The molecule has 1 unspecified atom stereocenters. The van der Waals surface area contributed by atoms with Crippen LogP contribution in [0.4, 0.5) is 0 Å². The van der Waals surface area contributed by atoms with Crippen LogP contribution in [0, 0.1) is 0 Å². The van der Waals surface area contributed by atoms with Gasteiger partial charge in [0.15, 0.2) is 6.10 Å². The van der Waals surface area contributed by atoms with Gasteiger partial charge in [0.1, 0.15) is 13.2 Å². The van der Waals surface area contributed by atoms with E-state index in [0.29, 0.717) is 19.3 Å². The predicted octanol–water partition coefficient (Wildman–Crippen LogP) is 16.1. The van der Waals surface area contributed by atoms with Gasteiger partial charge in [0, 0.05) is 19.3 Å². The molecule has 0 N–H and O–H groups in total. The second-order valence-electron chi connectivity index (χ2n) is 15.7. The van der Waals surface area contributed by atoms with Crippen molar-refractivity contribution < 1.29 is 28.6 Å². The average Bonchev–Trinajstić information content (AvgIpc) is 3.27. The van der Waals surface area contributed by atoms with E-state index in [9.17, 15) is 14.4 Å². The Balaban J connectivity index is 4.53. The summed E-state index contributed by atoms with van der Waals surface area (Å²) in [6.45, 7) is 6.27. The van der Waals surface area contributed by atoms with Gasteiger partial charge in [-0.3, -0.25) is 14.4 Å². The molecule has 0 spiro atoms. The zero-order valence-corrected chi connectivity index (χ0v) is 39.6. The van der Waals surface area contributed by atoms with Gasteiger partial charge in [-0.1, -0.05) is 187 Å². The molecule has 0 aromatic rings. The Kier molecular flexibility index (Phi) is 46.1. The molecule has 0 fully saturated rings. The highest BCUT2D eigenvalue weighted by Crippen LogP contribution is 2.12. The monoisotopic (exact) mass is 857 g/mol. The summed E-state index contributed by atoms with van der Waals surface area (Å²) in [5, 5.41) is 0. The third-order valence-corrected chi connectivity index (χ3v) is 9.78. The minimum absolute atomic E-state index is 0.116. The zero-order valence-electron chi connectivity index (χ0n) is 39.6. The molecular formula is C56H88O6. The first-order valence-corrected chi connectivity index (χ1v) is 24.6. The van der Waals surface area contributed by atoms with Crippen LogP contribution in [0.5, 0.6) is 0 Å². The van der Waals surface area contributed by atoms with Crippen molar-refractivity contribution in [3.63, 3.8) is 0 Å². The Bertz CT molecular complexity index is 1350. The molecule has 0 heterocycles. The smallest absolute Gasteiger partial charge is 0.306 e. The van der Waals surface area contributed by atoms with Crippen molar-refractivity contribution in [1.29, 1.82) is 0 Å². The molecule has 62 heavy (non-hydrogen) atoms. The van der Waals surface area contributed by atoms with Crippen molar-refractivity contribution in [3.05, 3.63) is 122 Å². The SMILES string of the molecule is CC/C=C\C/C=C\C/C=C\CCCCCCC(=O)OC(COC(=O)CCCC/C=C\C/C=C\C/C=C\CC)COC(=O)CCCCCCC\C=C/C=C\C=C/C=C\CCCCC. The lowest BCUT2D eigenvalue weighted by Gasteiger charge is -2.18. The molecule has 0 aliphatic carbocycles. The van der Waals surface area contributed by atoms with Gasteiger partial charge in [-0.15, -0.1) is 0 Å². The standard InChI is InChI=1S/C56H88O6/c1-4-7-10-13-16-19-22-25-27-28-29-30-32-34-37-40-43-46-49-55(58)61-52-53(51-60-54(57)48-45-42-39-36-33-24-21-18-15-12-9-6-3)62-56(59)50-47-44-41-38-35-31-26-23-20-17-14-11-8-5-2/h8-9,11-12,16-22,25-31,33,36,53H,4-7,10,13-15,23-24,32,34-35,37-52H2,1-3H3/b11-8-,12-9-,19-16-,20-17-,21-18-,25-22-,28-27-,30-29-,31-26-,36-33-. The lowest BCUT2D eigenvalue weighted by Crippen LogP contribution is -2.30. The van der Waals surface area contributed by atoms with Gasteiger partial charge in [0.05, 0.1) is 0 Å². The quantitative estimate of drug-likeness (QED) is 0.0200. The highest BCUT2D eigenvalue weighted by Gasteiger charge is 2.19. The lowest BCUT2D eigenvalue weighted by atomic mass is 10.1. The predicted molar refractivity (Wildman–Crippen MR) is 265 cm³/mol. The molecule has 0 aliphatic heterocycles. The van der Waals surface area contributed by atoms with Gasteiger partial charge in [0.25, 0.3) is 0 Å². The number of hydrogen-bond donors (Lipinski definition) is 0. The van der Waals surface area contributed by atoms with E-state index in [1.54, 1.807) is 0 Å². The van der Waals surface area contributed by atoms with Gasteiger partial charge in [-0.25, -0.2) is 0 Å². The maximum absolute atomic E-state index is 12.8. The summed E-state index contributed by atoms with van der Waals surface area (Å²) < 4.78 is 16.7. The van der Waals surface area contributed by atoms with Gasteiger partial charge in [0.2, 0.25) is 0 Å². The third kappa shape index (κ3) is 46.9. The van der Waals surface area contributed by atoms with Crippen LogP contribution in [0.25, 0.3) is 0 Å². The van der Waals surface area contributed by atoms with Gasteiger partial charge in [-0.2, -0.15) is 0 Å². The van der Waals surface area contributed by atoms with Crippen LogP contribution in [0.1, 0.15) is 194 Å². The Morgan fingerprint density at radius 3 is 1.16 bits per heavy atom. The molecule has 348 valence electrons. The lowest BCUT2D eigenvalue weighted by molar-refractivity contribution is -0.167. The number of rotatable bonds is 42. The Labute approximate surface area is 380 Å². The summed E-state index contributed by atoms with van der Waals surface area (Å²) in [5.74, 6) is -1.01. The van der Waals surface area contributed by atoms with Crippen molar-refractivity contribution in [2.75, 3.05) is 13.2 Å². The number of carbonyl (C=O) groups excluding carboxylic acids is 3. The second kappa shape index (κ2) is 49.5. The van der Waals surface area contributed by atoms with Crippen molar-refractivity contribution >= 4 is 17.9 Å². The number of hydrogen-bond acceptors (Lipinski definition) is 6. The zero-order chi connectivity index (χ0) is 45.1. The maximum atomic E-state index is 12.8. The largest absolute Gasteiger partial charge is 0.462 e. The number of unbranched alkanes of at least 4 members (excludes halogenated alkanes) is 14. The minimum atomic E-state index is -0.818. The highest BCUT2D eigenvalue weighted by molar-refractivity contribution is 5.71. The van der Waals surface area contributed by atoms with Crippen LogP contribution < -0.4 is 0 Å². The molecule has 0 amide bonds. The molecule has 6 nitrogen and oxygen atoms in total. The van der Waals surface area contributed by atoms with Crippen LogP contribution in [0.2, 0.25) is 0 Å². The van der Waals surface area contributed by atoms with Gasteiger partial charge >= 0.3 is 17.9 Å². The number of allylic oxidation sites excluding steroid dienone is 20. The third-order valence-electron chi connectivity index (χ3n) is 9.78. The van der Waals surface area contributed by atoms with Crippen molar-refractivity contribution in [2.45, 2.75) is 200 Å². The number of ether oxygens (including phenoxy) is 3. The normalized spacial score (nSPS) is 13.1. The molecule has 1 atom stereocenters. The fourth-order valence-corrected chi connectivity index (χ4v) is 6.13. The first kappa shape index (κ1) is 57.8. The average molecular weight is 857 g/mol. The minimum Gasteiger partial charge on any atom is -0.462 e. The number of carbonyl (C=O) groups is 3. The van der Waals surface area contributed by atoms with Crippen molar-refractivity contribution in [1.82, 2.24) is 0 Å². The molecule has 0 aromatic heterocycles. The Morgan fingerprint density at radius 1 is 0.355 bits per heavy atom. The van der Waals surface area contributed by atoms with Gasteiger partial charge < -0.3 is 14.2 Å². The van der Waals surface area contributed by atoms with E-state index in [0.717, 1.165) is 128 Å². The first-order chi connectivity index (χ1) is 30.5. The van der Waals surface area contributed by atoms with Crippen molar-refractivity contribution in [3.8, 4) is 0 Å². The highest BCUT2D eigenvalue weighted by atomic mass is 16.6. The van der Waals surface area contributed by atoms with E-state index in [4.69, 9.17) is 14.2 Å². The summed E-state index contributed by atoms with van der Waals surface area (Å²) >= 11 is 0. The molecule has 0 aromatic carbocycles.